The van der Waals surface area contributed by atoms with Crippen LogP contribution in [0, 0.1) is 0 Å². The number of benzene rings is 1. The molecule has 0 radical (unpaired) electrons. The number of hydrogen-bond acceptors (Lipinski definition) is 6. The van der Waals surface area contributed by atoms with Gasteiger partial charge in [-0.1, -0.05) is 30.3 Å². The van der Waals surface area contributed by atoms with Crippen molar-refractivity contribution in [2.45, 2.75) is 91.2 Å². The lowest BCUT2D eigenvalue weighted by Crippen LogP contribution is -2.46. The van der Waals surface area contributed by atoms with Crippen molar-refractivity contribution in [1.82, 2.24) is 10.6 Å². The van der Waals surface area contributed by atoms with Crippen LogP contribution in [0.25, 0.3) is 0 Å². The molecule has 0 aliphatic rings. The molecule has 1 aromatic carbocycles. The fourth-order valence-corrected chi connectivity index (χ4v) is 2.53. The molecule has 0 bridgehead atoms. The van der Waals surface area contributed by atoms with E-state index in [4.69, 9.17) is 14.2 Å². The average molecular weight is 437 g/mol. The highest BCUT2D eigenvalue weighted by Crippen LogP contribution is 2.13. The third-order valence-electron chi connectivity index (χ3n) is 3.85. The highest BCUT2D eigenvalue weighted by molar-refractivity contribution is 5.81. The molecule has 0 aliphatic heterocycles. The van der Waals surface area contributed by atoms with Crippen molar-refractivity contribution in [2.75, 3.05) is 0 Å². The highest BCUT2D eigenvalue weighted by atomic mass is 16.6. The summed E-state index contributed by atoms with van der Waals surface area (Å²) in [5.41, 5.74) is -0.507. The Hall–Kier alpha value is -2.77. The SMILES string of the molecule is C[C@H](CC[C@H](NC(=O)OC(C)(C)C)C(=O)OC(C)(C)C)NC(=O)OCc1ccccc1. The normalized spacial score (nSPS) is 13.5. The Kier molecular flexibility index (Phi) is 9.81. The Morgan fingerprint density at radius 1 is 0.839 bits per heavy atom. The number of alkyl carbamates (subject to hydrolysis) is 2. The van der Waals surface area contributed by atoms with E-state index in [-0.39, 0.29) is 19.1 Å². The van der Waals surface area contributed by atoms with Crippen LogP contribution in [0.5, 0.6) is 0 Å². The average Bonchev–Trinajstić information content (AvgIpc) is 2.61. The molecule has 0 aromatic heterocycles. The molecule has 2 atom stereocenters. The molecule has 0 aliphatic carbocycles. The molecule has 0 unspecified atom stereocenters. The summed E-state index contributed by atoms with van der Waals surface area (Å²) in [6, 6.07) is 8.17. The lowest BCUT2D eigenvalue weighted by atomic mass is 10.1. The molecule has 0 saturated carbocycles. The van der Waals surface area contributed by atoms with Gasteiger partial charge in [0.25, 0.3) is 0 Å². The van der Waals surface area contributed by atoms with Gasteiger partial charge < -0.3 is 24.8 Å². The van der Waals surface area contributed by atoms with Crippen molar-refractivity contribution in [1.29, 1.82) is 0 Å². The van der Waals surface area contributed by atoms with Crippen LogP contribution >= 0.6 is 0 Å². The number of nitrogens with one attached hydrogen (secondary N) is 2. The van der Waals surface area contributed by atoms with E-state index >= 15 is 0 Å². The molecule has 1 rings (SSSR count). The smallest absolute Gasteiger partial charge is 0.408 e. The van der Waals surface area contributed by atoms with Crippen LogP contribution in [0.1, 0.15) is 66.9 Å². The molecular formula is C23H36N2O6. The Morgan fingerprint density at radius 2 is 1.42 bits per heavy atom. The molecule has 0 fully saturated rings. The molecule has 2 N–H and O–H groups in total. The molecular weight excluding hydrogens is 400 g/mol. The van der Waals surface area contributed by atoms with Crippen molar-refractivity contribution in [3.05, 3.63) is 35.9 Å². The first-order valence-corrected chi connectivity index (χ1v) is 10.4. The van der Waals surface area contributed by atoms with E-state index in [0.29, 0.717) is 6.42 Å². The van der Waals surface area contributed by atoms with Gasteiger partial charge >= 0.3 is 18.2 Å². The maximum Gasteiger partial charge on any atom is 0.408 e. The number of carbonyl (C=O) groups excluding carboxylic acids is 3. The minimum atomic E-state index is -0.904. The van der Waals surface area contributed by atoms with Gasteiger partial charge in [0.2, 0.25) is 0 Å². The van der Waals surface area contributed by atoms with Crippen molar-refractivity contribution < 1.29 is 28.6 Å². The van der Waals surface area contributed by atoms with Gasteiger partial charge in [-0.15, -0.1) is 0 Å². The maximum atomic E-state index is 12.5. The van der Waals surface area contributed by atoms with Crippen LogP contribution in [0.15, 0.2) is 30.3 Å². The van der Waals surface area contributed by atoms with Crippen LogP contribution < -0.4 is 10.6 Å². The third-order valence-corrected chi connectivity index (χ3v) is 3.85. The van der Waals surface area contributed by atoms with E-state index in [1.807, 2.05) is 30.3 Å². The largest absolute Gasteiger partial charge is 0.458 e. The molecule has 1 aromatic rings. The second-order valence-corrected chi connectivity index (χ2v) is 9.42. The summed E-state index contributed by atoms with van der Waals surface area (Å²) < 4.78 is 15.9. The fourth-order valence-electron chi connectivity index (χ4n) is 2.53. The summed E-state index contributed by atoms with van der Waals surface area (Å²) in [5, 5.41) is 5.30. The predicted molar refractivity (Wildman–Crippen MR) is 117 cm³/mol. The van der Waals surface area contributed by atoms with Crippen molar-refractivity contribution in [3.8, 4) is 0 Å². The topological polar surface area (TPSA) is 103 Å². The number of carbonyl (C=O) groups is 3. The second kappa shape index (κ2) is 11.6. The number of esters is 1. The zero-order valence-corrected chi connectivity index (χ0v) is 19.6. The molecule has 8 heteroatoms. The summed E-state index contributed by atoms with van der Waals surface area (Å²) in [4.78, 5) is 36.7. The van der Waals surface area contributed by atoms with E-state index in [1.54, 1.807) is 48.5 Å². The monoisotopic (exact) mass is 436 g/mol. The number of amides is 2. The maximum absolute atomic E-state index is 12.5. The minimum Gasteiger partial charge on any atom is -0.458 e. The summed E-state index contributed by atoms with van der Waals surface area (Å²) >= 11 is 0. The van der Waals surface area contributed by atoms with Crippen LogP contribution in [-0.4, -0.2) is 41.4 Å². The fraction of sp³-hybridized carbons (Fsp3) is 0.609. The standard InChI is InChI=1S/C23H36N2O6/c1-16(24-20(27)29-15-17-11-9-8-10-12-17)13-14-18(19(26)30-22(2,3)4)25-21(28)31-23(5,6)7/h8-12,16,18H,13-15H2,1-7H3,(H,24,27)(H,25,28)/t16-,18+/m1/s1. The second-order valence-electron chi connectivity index (χ2n) is 9.42. The predicted octanol–water partition coefficient (Wildman–Crippen LogP) is 4.32. The first kappa shape index (κ1) is 26.3. The van der Waals surface area contributed by atoms with E-state index < -0.39 is 35.4 Å². The highest BCUT2D eigenvalue weighted by Gasteiger charge is 2.29. The van der Waals surface area contributed by atoms with E-state index in [1.165, 1.54) is 0 Å². The molecule has 0 saturated heterocycles. The third kappa shape index (κ3) is 12.5. The van der Waals surface area contributed by atoms with Gasteiger partial charge in [0.15, 0.2) is 0 Å². The molecule has 2 amide bonds. The Labute approximate surface area is 185 Å². The van der Waals surface area contributed by atoms with E-state index in [9.17, 15) is 14.4 Å². The summed E-state index contributed by atoms with van der Waals surface area (Å²) in [5.74, 6) is -0.558. The van der Waals surface area contributed by atoms with Gasteiger partial charge in [-0.25, -0.2) is 14.4 Å². The Morgan fingerprint density at radius 3 is 1.97 bits per heavy atom. The zero-order chi connectivity index (χ0) is 23.7. The van der Waals surface area contributed by atoms with E-state index in [2.05, 4.69) is 10.6 Å². The van der Waals surface area contributed by atoms with Crippen LogP contribution in [0.2, 0.25) is 0 Å². The molecule has 31 heavy (non-hydrogen) atoms. The van der Waals surface area contributed by atoms with Gasteiger partial charge in [0, 0.05) is 6.04 Å². The van der Waals surface area contributed by atoms with Gasteiger partial charge in [0.05, 0.1) is 0 Å². The summed E-state index contributed by atoms with van der Waals surface area (Å²) in [6.07, 6.45) is -0.578. The van der Waals surface area contributed by atoms with Gasteiger partial charge in [-0.05, 0) is 66.9 Å². The van der Waals surface area contributed by atoms with Crippen LogP contribution in [-0.2, 0) is 25.6 Å². The minimum absolute atomic E-state index is 0.167. The van der Waals surface area contributed by atoms with Crippen molar-refractivity contribution in [2.24, 2.45) is 0 Å². The quantitative estimate of drug-likeness (QED) is 0.465. The number of rotatable bonds is 8. The van der Waals surface area contributed by atoms with Crippen LogP contribution in [0.4, 0.5) is 9.59 Å². The van der Waals surface area contributed by atoms with Gasteiger partial charge in [-0.2, -0.15) is 0 Å². The molecule has 8 nitrogen and oxygen atoms in total. The van der Waals surface area contributed by atoms with Gasteiger partial charge in [0.1, 0.15) is 23.9 Å². The lowest BCUT2D eigenvalue weighted by molar-refractivity contribution is -0.157. The van der Waals surface area contributed by atoms with Crippen LogP contribution in [0.3, 0.4) is 0 Å². The summed E-state index contributed by atoms with van der Waals surface area (Å²) in [6.45, 7) is 12.4. The Bertz CT molecular complexity index is 722. The number of hydrogen-bond donors (Lipinski definition) is 2. The molecule has 0 spiro atoms. The van der Waals surface area contributed by atoms with Crippen molar-refractivity contribution in [3.63, 3.8) is 0 Å². The van der Waals surface area contributed by atoms with E-state index in [0.717, 1.165) is 5.56 Å². The Balaban J connectivity index is 2.59. The summed E-state index contributed by atoms with van der Waals surface area (Å²) in [7, 11) is 0. The first-order valence-electron chi connectivity index (χ1n) is 10.4. The number of ether oxygens (including phenoxy) is 3. The molecule has 174 valence electrons. The van der Waals surface area contributed by atoms with Crippen molar-refractivity contribution >= 4 is 18.2 Å². The van der Waals surface area contributed by atoms with Gasteiger partial charge in [-0.3, -0.25) is 0 Å². The molecule has 0 heterocycles. The first-order chi connectivity index (χ1) is 14.2. The zero-order valence-electron chi connectivity index (χ0n) is 19.6. The lowest BCUT2D eigenvalue weighted by Gasteiger charge is -2.27.